The van der Waals surface area contributed by atoms with Gasteiger partial charge in [0.1, 0.15) is 6.10 Å². The summed E-state index contributed by atoms with van der Waals surface area (Å²) in [6.45, 7) is 1.44. The Kier molecular flexibility index (Phi) is 7.06. The van der Waals surface area contributed by atoms with Crippen LogP contribution in [-0.2, 0) is 28.5 Å². The van der Waals surface area contributed by atoms with Crippen LogP contribution in [0.25, 0.3) is 0 Å². The Balaban J connectivity index is 1.92. The Labute approximate surface area is 179 Å². The van der Waals surface area contributed by atoms with Crippen LogP contribution in [0.3, 0.4) is 0 Å². The SMILES string of the molecule is C[C@@H]1O[C@H](O)[C@@H](OC(=O)c2ccccc2)[C@H](OC(=O)c2ccccc2)[C@@H]1OS(C)(=O)=O. The molecule has 9 nitrogen and oxygen atoms in total. The lowest BCUT2D eigenvalue weighted by Crippen LogP contribution is -2.60. The van der Waals surface area contributed by atoms with Gasteiger partial charge in [0, 0.05) is 0 Å². The molecule has 2 aromatic carbocycles. The molecular weight excluding hydrogens is 428 g/mol. The predicted molar refractivity (Wildman–Crippen MR) is 108 cm³/mol. The van der Waals surface area contributed by atoms with E-state index >= 15 is 0 Å². The molecule has 0 spiro atoms. The molecule has 1 fully saturated rings. The molecule has 5 atom stereocenters. The van der Waals surface area contributed by atoms with Crippen molar-refractivity contribution >= 4 is 22.1 Å². The van der Waals surface area contributed by atoms with E-state index in [0.29, 0.717) is 0 Å². The molecule has 1 heterocycles. The van der Waals surface area contributed by atoms with Crippen molar-refractivity contribution in [1.82, 2.24) is 0 Å². The summed E-state index contributed by atoms with van der Waals surface area (Å²) in [6, 6.07) is 15.9. The molecule has 31 heavy (non-hydrogen) atoms. The van der Waals surface area contributed by atoms with Gasteiger partial charge in [-0.25, -0.2) is 9.59 Å². The number of carbonyl (C=O) groups is 2. The maximum Gasteiger partial charge on any atom is 0.338 e. The largest absolute Gasteiger partial charge is 0.452 e. The fraction of sp³-hybridized carbons (Fsp3) is 0.333. The Morgan fingerprint density at radius 2 is 1.29 bits per heavy atom. The topological polar surface area (TPSA) is 125 Å². The molecule has 0 amide bonds. The van der Waals surface area contributed by atoms with E-state index in [1.807, 2.05) is 0 Å². The van der Waals surface area contributed by atoms with Crippen molar-refractivity contribution in [2.24, 2.45) is 0 Å². The predicted octanol–water partition coefficient (Wildman–Crippen LogP) is 1.52. The maximum atomic E-state index is 12.6. The lowest BCUT2D eigenvalue weighted by molar-refractivity contribution is -0.271. The first-order valence-corrected chi connectivity index (χ1v) is 11.2. The molecule has 0 bridgehead atoms. The second-order valence-corrected chi connectivity index (χ2v) is 8.57. The number of rotatable bonds is 6. The van der Waals surface area contributed by atoms with Gasteiger partial charge in [0.2, 0.25) is 0 Å². The minimum atomic E-state index is -4.00. The van der Waals surface area contributed by atoms with Crippen molar-refractivity contribution in [3.05, 3.63) is 71.8 Å². The number of ether oxygens (including phenoxy) is 3. The van der Waals surface area contributed by atoms with Gasteiger partial charge in [0.25, 0.3) is 10.1 Å². The molecule has 10 heteroatoms. The van der Waals surface area contributed by atoms with Gasteiger partial charge in [-0.3, -0.25) is 4.18 Å². The fourth-order valence-electron chi connectivity index (χ4n) is 3.12. The second-order valence-electron chi connectivity index (χ2n) is 6.97. The van der Waals surface area contributed by atoms with E-state index in [9.17, 15) is 23.1 Å². The van der Waals surface area contributed by atoms with Crippen LogP contribution in [-0.4, -0.2) is 62.4 Å². The van der Waals surface area contributed by atoms with Crippen LogP contribution in [0.4, 0.5) is 0 Å². The van der Waals surface area contributed by atoms with Crippen molar-refractivity contribution < 1.29 is 41.5 Å². The van der Waals surface area contributed by atoms with Crippen molar-refractivity contribution in [1.29, 1.82) is 0 Å². The van der Waals surface area contributed by atoms with Crippen LogP contribution >= 0.6 is 0 Å². The minimum Gasteiger partial charge on any atom is -0.452 e. The highest BCUT2D eigenvalue weighted by molar-refractivity contribution is 7.86. The summed E-state index contributed by atoms with van der Waals surface area (Å²) in [7, 11) is -4.00. The molecule has 166 valence electrons. The number of aliphatic hydroxyl groups is 1. The normalized spacial score (nSPS) is 26.1. The molecule has 3 rings (SSSR count). The van der Waals surface area contributed by atoms with E-state index in [1.165, 1.54) is 31.2 Å². The van der Waals surface area contributed by atoms with Crippen molar-refractivity contribution in [2.75, 3.05) is 6.26 Å². The van der Waals surface area contributed by atoms with Crippen molar-refractivity contribution in [2.45, 2.75) is 37.6 Å². The Hall–Kier alpha value is -2.79. The van der Waals surface area contributed by atoms with Crippen LogP contribution in [0, 0.1) is 0 Å². The number of aliphatic hydroxyl groups excluding tert-OH is 1. The summed E-state index contributed by atoms with van der Waals surface area (Å²) in [5.74, 6) is -1.63. The zero-order valence-electron chi connectivity index (χ0n) is 16.8. The Morgan fingerprint density at radius 1 is 0.839 bits per heavy atom. The van der Waals surface area contributed by atoms with Crippen LogP contribution < -0.4 is 0 Å². The molecule has 0 unspecified atom stereocenters. The first-order chi connectivity index (χ1) is 14.7. The third-order valence-electron chi connectivity index (χ3n) is 4.54. The molecule has 1 aliphatic rings. The van der Waals surface area contributed by atoms with Gasteiger partial charge in [0.05, 0.1) is 23.5 Å². The maximum absolute atomic E-state index is 12.6. The van der Waals surface area contributed by atoms with E-state index in [0.717, 1.165) is 6.26 Å². The van der Waals surface area contributed by atoms with E-state index in [1.54, 1.807) is 36.4 Å². The average Bonchev–Trinajstić information content (AvgIpc) is 2.73. The summed E-state index contributed by atoms with van der Waals surface area (Å²) < 4.78 is 44.8. The van der Waals surface area contributed by atoms with Crippen LogP contribution in [0.15, 0.2) is 60.7 Å². The highest BCUT2D eigenvalue weighted by Crippen LogP contribution is 2.29. The summed E-state index contributed by atoms with van der Waals surface area (Å²) >= 11 is 0. The Morgan fingerprint density at radius 3 is 1.74 bits per heavy atom. The van der Waals surface area contributed by atoms with Crippen molar-refractivity contribution in [3.63, 3.8) is 0 Å². The van der Waals surface area contributed by atoms with Crippen LogP contribution in [0.1, 0.15) is 27.6 Å². The van der Waals surface area contributed by atoms with Gasteiger partial charge in [-0.2, -0.15) is 8.42 Å². The zero-order valence-corrected chi connectivity index (χ0v) is 17.6. The fourth-order valence-corrected chi connectivity index (χ4v) is 3.79. The molecule has 0 radical (unpaired) electrons. The molecule has 1 saturated heterocycles. The lowest BCUT2D eigenvalue weighted by atomic mass is 9.99. The molecule has 1 N–H and O–H groups in total. The zero-order chi connectivity index (χ0) is 22.6. The van der Waals surface area contributed by atoms with Gasteiger partial charge in [-0.15, -0.1) is 0 Å². The van der Waals surface area contributed by atoms with E-state index in [4.69, 9.17) is 18.4 Å². The van der Waals surface area contributed by atoms with Gasteiger partial charge in [0.15, 0.2) is 18.5 Å². The summed E-state index contributed by atoms with van der Waals surface area (Å²) in [4.78, 5) is 25.2. The third kappa shape index (κ3) is 5.88. The molecule has 0 aromatic heterocycles. The number of carbonyl (C=O) groups excluding carboxylic acids is 2. The summed E-state index contributed by atoms with van der Waals surface area (Å²) in [6.07, 6.45) is -6.22. The molecular formula is C21H22O9S. The van der Waals surface area contributed by atoms with E-state index in [-0.39, 0.29) is 11.1 Å². The first kappa shape index (κ1) is 22.9. The van der Waals surface area contributed by atoms with Crippen LogP contribution in [0.5, 0.6) is 0 Å². The van der Waals surface area contributed by atoms with Gasteiger partial charge in [-0.1, -0.05) is 36.4 Å². The lowest BCUT2D eigenvalue weighted by Gasteiger charge is -2.41. The quantitative estimate of drug-likeness (QED) is 0.515. The van der Waals surface area contributed by atoms with E-state index in [2.05, 4.69) is 0 Å². The van der Waals surface area contributed by atoms with Crippen molar-refractivity contribution in [3.8, 4) is 0 Å². The van der Waals surface area contributed by atoms with E-state index < -0.39 is 52.8 Å². The third-order valence-corrected chi connectivity index (χ3v) is 5.11. The highest BCUT2D eigenvalue weighted by Gasteiger charge is 2.50. The smallest absolute Gasteiger partial charge is 0.338 e. The van der Waals surface area contributed by atoms with Crippen LogP contribution in [0.2, 0.25) is 0 Å². The number of benzene rings is 2. The minimum absolute atomic E-state index is 0.182. The average molecular weight is 450 g/mol. The van der Waals surface area contributed by atoms with Gasteiger partial charge in [-0.05, 0) is 31.2 Å². The molecule has 1 aliphatic heterocycles. The standard InChI is InChI=1S/C21H22O9S/c1-13-16(30-31(2,25)26)17(28-19(22)14-9-5-3-6-10-14)18(21(24)27-13)29-20(23)15-11-7-4-8-12-15/h3-13,16-18,21,24H,1-2H3/t13-,16+,17+,18-,21-/m0/s1. The monoisotopic (exact) mass is 450 g/mol. The van der Waals surface area contributed by atoms with Gasteiger partial charge >= 0.3 is 11.9 Å². The first-order valence-electron chi connectivity index (χ1n) is 9.39. The molecule has 0 saturated carbocycles. The summed E-state index contributed by atoms with van der Waals surface area (Å²) in [5, 5.41) is 10.4. The highest BCUT2D eigenvalue weighted by atomic mass is 32.2. The summed E-state index contributed by atoms with van der Waals surface area (Å²) in [5.41, 5.74) is 0.365. The molecule has 0 aliphatic carbocycles. The van der Waals surface area contributed by atoms with Gasteiger partial charge < -0.3 is 19.3 Å². The molecule has 2 aromatic rings. The second kappa shape index (κ2) is 9.56. The number of hydrogen-bond donors (Lipinski definition) is 1. The Bertz CT molecular complexity index is 1010. The number of hydrogen-bond acceptors (Lipinski definition) is 9. The number of esters is 2.